The molecule has 0 aliphatic carbocycles. The lowest BCUT2D eigenvalue weighted by Gasteiger charge is -2.38. The van der Waals surface area contributed by atoms with Gasteiger partial charge in [-0.05, 0) is 75.1 Å². The fourth-order valence-corrected chi connectivity index (χ4v) is 4.90. The molecule has 166 valence electrons. The van der Waals surface area contributed by atoms with Crippen LogP contribution >= 0.6 is 0 Å². The molecule has 0 unspecified atom stereocenters. The molecule has 2 fully saturated rings. The van der Waals surface area contributed by atoms with E-state index < -0.39 is 11.6 Å². The maximum Gasteiger partial charge on any atom is 0.291 e. The summed E-state index contributed by atoms with van der Waals surface area (Å²) in [6.45, 7) is 8.12. The van der Waals surface area contributed by atoms with Crippen molar-refractivity contribution in [2.24, 2.45) is 0 Å². The Morgan fingerprint density at radius 1 is 1.10 bits per heavy atom. The lowest BCUT2D eigenvalue weighted by atomic mass is 9.94. The van der Waals surface area contributed by atoms with Crippen molar-refractivity contribution in [1.82, 2.24) is 30.1 Å². The van der Waals surface area contributed by atoms with Crippen LogP contribution in [-0.4, -0.2) is 57.0 Å². The smallest absolute Gasteiger partial charge is 0.291 e. The third kappa shape index (κ3) is 3.74. The van der Waals surface area contributed by atoms with Gasteiger partial charge < -0.3 is 14.7 Å². The molecule has 0 bridgehead atoms. The Morgan fingerprint density at radius 2 is 1.84 bits per heavy atom. The van der Waals surface area contributed by atoms with E-state index in [0.29, 0.717) is 23.0 Å². The van der Waals surface area contributed by atoms with Crippen molar-refractivity contribution in [3.05, 3.63) is 35.4 Å². The molecular weight excluding hydrogens is 402 g/mol. The van der Waals surface area contributed by atoms with Gasteiger partial charge in [0.15, 0.2) is 11.6 Å². The van der Waals surface area contributed by atoms with E-state index in [2.05, 4.69) is 25.5 Å². The zero-order chi connectivity index (χ0) is 21.5. The standard InChI is InChI=1S/C22H28F2N6O/c1-13(2)19-16-3-4-17(23)18(24)20(16)30(27-19)22-26-21(31-28-22)14-7-11-29(12-8-14)15-5-9-25-10-6-15/h3-4,13-15,25H,5-12H2,1-2H3. The molecule has 2 aliphatic heterocycles. The van der Waals surface area contributed by atoms with E-state index in [4.69, 9.17) is 4.52 Å². The Balaban J connectivity index is 1.39. The second kappa shape index (κ2) is 8.27. The fraction of sp³-hybridized carbons (Fsp3) is 0.591. The van der Waals surface area contributed by atoms with Crippen LogP contribution < -0.4 is 5.32 Å². The zero-order valence-corrected chi connectivity index (χ0v) is 17.9. The van der Waals surface area contributed by atoms with Gasteiger partial charge in [0.2, 0.25) is 5.89 Å². The topological polar surface area (TPSA) is 72.0 Å². The van der Waals surface area contributed by atoms with Crippen molar-refractivity contribution < 1.29 is 13.3 Å². The van der Waals surface area contributed by atoms with E-state index in [0.717, 1.165) is 45.1 Å². The average Bonchev–Trinajstić information content (AvgIpc) is 3.42. The summed E-state index contributed by atoms with van der Waals surface area (Å²) in [5.41, 5.74) is 0.729. The highest BCUT2D eigenvalue weighted by Crippen LogP contribution is 2.32. The van der Waals surface area contributed by atoms with Crippen LogP contribution in [0.3, 0.4) is 0 Å². The summed E-state index contributed by atoms with van der Waals surface area (Å²) in [6.07, 6.45) is 4.29. The summed E-state index contributed by atoms with van der Waals surface area (Å²) >= 11 is 0. The molecule has 2 aliphatic rings. The minimum Gasteiger partial charge on any atom is -0.337 e. The molecule has 0 radical (unpaired) electrons. The quantitative estimate of drug-likeness (QED) is 0.680. The molecule has 4 heterocycles. The monoisotopic (exact) mass is 430 g/mol. The molecule has 1 aromatic carbocycles. The van der Waals surface area contributed by atoms with Gasteiger partial charge in [0.1, 0.15) is 5.52 Å². The first-order chi connectivity index (χ1) is 15.0. The Hall–Kier alpha value is -2.39. The summed E-state index contributed by atoms with van der Waals surface area (Å²) in [7, 11) is 0. The third-order valence-corrected chi connectivity index (χ3v) is 6.64. The zero-order valence-electron chi connectivity index (χ0n) is 17.9. The van der Waals surface area contributed by atoms with Crippen LogP contribution in [0, 0.1) is 11.6 Å². The molecule has 0 saturated carbocycles. The molecule has 0 atom stereocenters. The van der Waals surface area contributed by atoms with Crippen molar-refractivity contribution in [3.63, 3.8) is 0 Å². The molecule has 0 spiro atoms. The number of aromatic nitrogens is 4. The van der Waals surface area contributed by atoms with Crippen LogP contribution in [0.1, 0.15) is 63.0 Å². The number of likely N-dealkylation sites (tertiary alicyclic amines) is 1. The van der Waals surface area contributed by atoms with E-state index >= 15 is 0 Å². The van der Waals surface area contributed by atoms with Crippen LogP contribution in [0.15, 0.2) is 16.7 Å². The largest absolute Gasteiger partial charge is 0.337 e. The second-order valence-electron chi connectivity index (χ2n) is 8.93. The third-order valence-electron chi connectivity index (χ3n) is 6.64. The van der Waals surface area contributed by atoms with Crippen molar-refractivity contribution in [2.45, 2.75) is 57.4 Å². The van der Waals surface area contributed by atoms with Crippen LogP contribution in [-0.2, 0) is 0 Å². The van der Waals surface area contributed by atoms with Crippen molar-refractivity contribution >= 4 is 10.9 Å². The Kier molecular flexibility index (Phi) is 5.47. The molecule has 5 rings (SSSR count). The maximum absolute atomic E-state index is 14.7. The van der Waals surface area contributed by atoms with Gasteiger partial charge >= 0.3 is 0 Å². The van der Waals surface area contributed by atoms with Gasteiger partial charge in [0.25, 0.3) is 5.95 Å². The number of benzene rings is 1. The highest BCUT2D eigenvalue weighted by atomic mass is 19.2. The number of halogens is 2. The first-order valence-electron chi connectivity index (χ1n) is 11.2. The number of piperidine rings is 2. The number of nitrogens with zero attached hydrogens (tertiary/aromatic N) is 5. The minimum atomic E-state index is -0.946. The highest BCUT2D eigenvalue weighted by molar-refractivity contribution is 5.84. The molecule has 0 amide bonds. The van der Waals surface area contributed by atoms with Crippen LogP contribution in [0.25, 0.3) is 16.9 Å². The molecule has 31 heavy (non-hydrogen) atoms. The number of nitrogens with one attached hydrogen (secondary N) is 1. The number of hydrogen-bond acceptors (Lipinski definition) is 6. The Labute approximate surface area is 179 Å². The first kappa shape index (κ1) is 20.5. The van der Waals surface area contributed by atoms with Gasteiger partial charge in [-0.15, -0.1) is 0 Å². The van der Waals surface area contributed by atoms with Crippen LogP contribution in [0.2, 0.25) is 0 Å². The minimum absolute atomic E-state index is 0.0410. The summed E-state index contributed by atoms with van der Waals surface area (Å²) < 4.78 is 35.5. The van der Waals surface area contributed by atoms with Gasteiger partial charge in [0.05, 0.1) is 5.69 Å². The predicted octanol–water partition coefficient (Wildman–Crippen LogP) is 3.74. The highest BCUT2D eigenvalue weighted by Gasteiger charge is 2.30. The normalized spacial score (nSPS) is 19.6. The van der Waals surface area contributed by atoms with E-state index in [1.165, 1.54) is 17.5 Å². The van der Waals surface area contributed by atoms with Crippen LogP contribution in [0.5, 0.6) is 0 Å². The van der Waals surface area contributed by atoms with Gasteiger partial charge in [-0.3, -0.25) is 0 Å². The Bertz CT molecular complexity index is 1060. The second-order valence-corrected chi connectivity index (χ2v) is 8.93. The summed E-state index contributed by atoms with van der Waals surface area (Å²) in [5, 5.41) is 12.6. The summed E-state index contributed by atoms with van der Waals surface area (Å²) in [4.78, 5) is 7.11. The molecular formula is C22H28F2N6O. The van der Waals surface area contributed by atoms with E-state index in [1.54, 1.807) is 6.07 Å². The summed E-state index contributed by atoms with van der Waals surface area (Å²) in [5.74, 6) is -0.952. The molecule has 1 N–H and O–H groups in total. The maximum atomic E-state index is 14.7. The fourth-order valence-electron chi connectivity index (χ4n) is 4.90. The molecule has 2 saturated heterocycles. The van der Waals surface area contributed by atoms with E-state index in [-0.39, 0.29) is 23.3 Å². The van der Waals surface area contributed by atoms with E-state index in [1.807, 2.05) is 13.8 Å². The predicted molar refractivity (Wildman–Crippen MR) is 112 cm³/mol. The Morgan fingerprint density at radius 3 is 2.55 bits per heavy atom. The molecule has 2 aromatic heterocycles. The number of fused-ring (bicyclic) bond motifs is 1. The average molecular weight is 431 g/mol. The van der Waals surface area contributed by atoms with Crippen molar-refractivity contribution in [1.29, 1.82) is 0 Å². The first-order valence-corrected chi connectivity index (χ1v) is 11.2. The van der Waals surface area contributed by atoms with Gasteiger partial charge in [-0.2, -0.15) is 14.8 Å². The van der Waals surface area contributed by atoms with Crippen molar-refractivity contribution in [2.75, 3.05) is 26.2 Å². The lowest BCUT2D eigenvalue weighted by Crippen LogP contribution is -2.46. The SMILES string of the molecule is CC(C)c1nn(-c2noc(C3CCN(C4CCNCC4)CC3)n2)c2c(F)c(F)ccc12. The summed E-state index contributed by atoms with van der Waals surface area (Å²) in [6, 6.07) is 3.35. The number of rotatable bonds is 4. The van der Waals surface area contributed by atoms with Gasteiger partial charge in [-0.1, -0.05) is 13.8 Å². The molecule has 9 heteroatoms. The van der Waals surface area contributed by atoms with E-state index in [9.17, 15) is 8.78 Å². The van der Waals surface area contributed by atoms with Crippen LogP contribution in [0.4, 0.5) is 8.78 Å². The van der Waals surface area contributed by atoms with Gasteiger partial charge in [0, 0.05) is 17.3 Å². The van der Waals surface area contributed by atoms with Crippen molar-refractivity contribution in [3.8, 4) is 5.95 Å². The molecule has 3 aromatic rings. The molecule has 7 nitrogen and oxygen atoms in total. The van der Waals surface area contributed by atoms with Gasteiger partial charge in [-0.25, -0.2) is 8.78 Å². The number of hydrogen-bond donors (Lipinski definition) is 1. The lowest BCUT2D eigenvalue weighted by molar-refractivity contribution is 0.120.